The van der Waals surface area contributed by atoms with Crippen LogP contribution >= 0.6 is 12.2 Å². The SMILES string of the molecule is COc1cc(C)c(C=C2C(=O)NC(=S)NC2=O)cc1OC. The molecule has 0 aliphatic carbocycles. The Morgan fingerprint density at radius 3 is 2.10 bits per heavy atom. The second-order valence-corrected chi connectivity index (χ2v) is 4.77. The molecular weight excluding hydrogens is 292 g/mol. The van der Waals surface area contributed by atoms with E-state index in [4.69, 9.17) is 21.7 Å². The number of hydrogen-bond donors (Lipinski definition) is 2. The van der Waals surface area contributed by atoms with Crippen molar-refractivity contribution in [2.45, 2.75) is 6.92 Å². The van der Waals surface area contributed by atoms with Crippen molar-refractivity contribution in [2.75, 3.05) is 14.2 Å². The highest BCUT2D eigenvalue weighted by Crippen LogP contribution is 2.31. The Morgan fingerprint density at radius 2 is 1.57 bits per heavy atom. The van der Waals surface area contributed by atoms with Gasteiger partial charge in [-0.1, -0.05) is 0 Å². The van der Waals surface area contributed by atoms with Crippen LogP contribution in [0, 0.1) is 6.92 Å². The summed E-state index contributed by atoms with van der Waals surface area (Å²) in [6.07, 6.45) is 1.49. The van der Waals surface area contributed by atoms with E-state index in [0.29, 0.717) is 17.1 Å². The zero-order valence-electron chi connectivity index (χ0n) is 11.8. The number of nitrogens with one attached hydrogen (secondary N) is 2. The van der Waals surface area contributed by atoms with Crippen LogP contribution in [-0.2, 0) is 9.59 Å². The molecule has 6 nitrogen and oxygen atoms in total. The summed E-state index contributed by atoms with van der Waals surface area (Å²) >= 11 is 4.75. The predicted octanol–water partition coefficient (Wildman–Crippen LogP) is 0.927. The van der Waals surface area contributed by atoms with Crippen LogP contribution in [0.25, 0.3) is 6.08 Å². The summed E-state index contributed by atoms with van der Waals surface area (Å²) in [5, 5.41) is 4.78. The van der Waals surface area contributed by atoms with E-state index >= 15 is 0 Å². The molecule has 0 spiro atoms. The van der Waals surface area contributed by atoms with Gasteiger partial charge in [-0.05, 0) is 48.5 Å². The van der Waals surface area contributed by atoms with Crippen LogP contribution in [0.4, 0.5) is 0 Å². The van der Waals surface area contributed by atoms with Gasteiger partial charge >= 0.3 is 0 Å². The third-order valence-electron chi connectivity index (χ3n) is 3.02. The Bertz CT molecular complexity index is 645. The lowest BCUT2D eigenvalue weighted by atomic mass is 10.0. The molecule has 1 aromatic rings. The summed E-state index contributed by atoms with van der Waals surface area (Å²) in [5.74, 6) is 0.0360. The Morgan fingerprint density at radius 1 is 1.05 bits per heavy atom. The van der Waals surface area contributed by atoms with Crippen molar-refractivity contribution in [1.29, 1.82) is 0 Å². The van der Waals surface area contributed by atoms with E-state index < -0.39 is 11.8 Å². The van der Waals surface area contributed by atoms with Crippen molar-refractivity contribution in [3.8, 4) is 11.5 Å². The monoisotopic (exact) mass is 306 g/mol. The number of hydrogen-bond acceptors (Lipinski definition) is 5. The van der Waals surface area contributed by atoms with Gasteiger partial charge in [0.15, 0.2) is 16.6 Å². The molecule has 2 amide bonds. The number of aryl methyl sites for hydroxylation is 1. The Kier molecular flexibility index (Phi) is 4.23. The molecule has 7 heteroatoms. The fraction of sp³-hybridized carbons (Fsp3) is 0.214. The molecule has 0 aromatic heterocycles. The van der Waals surface area contributed by atoms with Gasteiger partial charge in [0.25, 0.3) is 11.8 Å². The molecule has 1 aromatic carbocycles. The minimum absolute atomic E-state index is 0.00573. The van der Waals surface area contributed by atoms with E-state index in [0.717, 1.165) is 5.56 Å². The molecule has 0 radical (unpaired) electrons. The third-order valence-corrected chi connectivity index (χ3v) is 3.22. The van der Waals surface area contributed by atoms with Crippen LogP contribution in [0.15, 0.2) is 17.7 Å². The molecule has 1 heterocycles. The van der Waals surface area contributed by atoms with Crippen molar-refractivity contribution in [2.24, 2.45) is 0 Å². The second kappa shape index (κ2) is 5.92. The normalized spacial score (nSPS) is 14.4. The van der Waals surface area contributed by atoms with E-state index in [-0.39, 0.29) is 10.7 Å². The lowest BCUT2D eigenvalue weighted by molar-refractivity contribution is -0.123. The van der Waals surface area contributed by atoms with Crippen LogP contribution in [0.5, 0.6) is 11.5 Å². The van der Waals surface area contributed by atoms with Gasteiger partial charge in [-0.3, -0.25) is 20.2 Å². The van der Waals surface area contributed by atoms with Gasteiger partial charge in [0.1, 0.15) is 5.57 Å². The van der Waals surface area contributed by atoms with Gasteiger partial charge in [0, 0.05) is 0 Å². The maximum absolute atomic E-state index is 11.8. The number of thiocarbonyl (C=S) groups is 1. The highest BCUT2D eigenvalue weighted by Gasteiger charge is 2.26. The summed E-state index contributed by atoms with van der Waals surface area (Å²) in [6.45, 7) is 1.84. The first kappa shape index (κ1) is 15.0. The number of methoxy groups -OCH3 is 2. The standard InChI is InChI=1S/C14H14N2O4S/c1-7-4-10(19-2)11(20-3)6-8(7)5-9-12(17)15-14(21)16-13(9)18/h4-6H,1-3H3,(H2,15,16,17,18,21). The molecular formula is C14H14N2O4S. The van der Waals surface area contributed by atoms with Crippen molar-refractivity contribution in [1.82, 2.24) is 10.6 Å². The molecule has 2 N–H and O–H groups in total. The first-order valence-corrected chi connectivity index (χ1v) is 6.48. The van der Waals surface area contributed by atoms with E-state index in [1.165, 1.54) is 13.2 Å². The molecule has 0 atom stereocenters. The molecule has 2 rings (SSSR count). The minimum atomic E-state index is -0.530. The minimum Gasteiger partial charge on any atom is -0.493 e. The number of amides is 2. The maximum Gasteiger partial charge on any atom is 0.263 e. The van der Waals surface area contributed by atoms with Crippen LogP contribution in [0.1, 0.15) is 11.1 Å². The van der Waals surface area contributed by atoms with Gasteiger partial charge in [0.2, 0.25) is 0 Å². The Labute approximate surface area is 127 Å². The molecule has 110 valence electrons. The number of benzene rings is 1. The Hall–Kier alpha value is -2.41. The van der Waals surface area contributed by atoms with Gasteiger partial charge < -0.3 is 9.47 Å². The number of ether oxygens (including phenoxy) is 2. The van der Waals surface area contributed by atoms with Crippen molar-refractivity contribution in [3.05, 3.63) is 28.8 Å². The predicted molar refractivity (Wildman–Crippen MR) is 81.1 cm³/mol. The molecule has 0 saturated carbocycles. The summed E-state index contributed by atoms with van der Waals surface area (Å²) in [7, 11) is 3.06. The topological polar surface area (TPSA) is 76.7 Å². The van der Waals surface area contributed by atoms with Gasteiger partial charge in [-0.2, -0.15) is 0 Å². The number of rotatable bonds is 3. The average molecular weight is 306 g/mol. The molecule has 21 heavy (non-hydrogen) atoms. The maximum atomic E-state index is 11.8. The highest BCUT2D eigenvalue weighted by molar-refractivity contribution is 7.80. The number of carbonyl (C=O) groups excluding carboxylic acids is 2. The summed E-state index contributed by atoms with van der Waals surface area (Å²) < 4.78 is 10.4. The van der Waals surface area contributed by atoms with Crippen LogP contribution in [0.3, 0.4) is 0 Å². The summed E-state index contributed by atoms with van der Waals surface area (Å²) in [6, 6.07) is 3.48. The third kappa shape index (κ3) is 3.03. The van der Waals surface area contributed by atoms with Crippen molar-refractivity contribution in [3.63, 3.8) is 0 Å². The lowest BCUT2D eigenvalue weighted by Crippen LogP contribution is -2.51. The van der Waals surface area contributed by atoms with E-state index in [1.54, 1.807) is 19.2 Å². The number of carbonyl (C=O) groups is 2. The van der Waals surface area contributed by atoms with Crippen molar-refractivity contribution < 1.29 is 19.1 Å². The first-order chi connectivity index (χ1) is 9.96. The van der Waals surface area contributed by atoms with Crippen LogP contribution in [0.2, 0.25) is 0 Å². The van der Waals surface area contributed by atoms with Crippen molar-refractivity contribution >= 4 is 35.2 Å². The smallest absolute Gasteiger partial charge is 0.263 e. The fourth-order valence-electron chi connectivity index (χ4n) is 1.91. The van der Waals surface area contributed by atoms with E-state index in [1.807, 2.05) is 6.92 Å². The summed E-state index contributed by atoms with van der Waals surface area (Å²) in [4.78, 5) is 23.6. The molecule has 0 unspecified atom stereocenters. The quantitative estimate of drug-likeness (QED) is 0.493. The van der Waals surface area contributed by atoms with E-state index in [9.17, 15) is 9.59 Å². The lowest BCUT2D eigenvalue weighted by Gasteiger charge is -2.17. The van der Waals surface area contributed by atoms with E-state index in [2.05, 4.69) is 10.6 Å². The molecule has 1 saturated heterocycles. The van der Waals surface area contributed by atoms with Gasteiger partial charge in [0.05, 0.1) is 14.2 Å². The molecule has 0 bridgehead atoms. The largest absolute Gasteiger partial charge is 0.493 e. The van der Waals surface area contributed by atoms with Gasteiger partial charge in [-0.15, -0.1) is 0 Å². The molecule has 1 fully saturated rings. The zero-order chi connectivity index (χ0) is 15.6. The van der Waals surface area contributed by atoms with Crippen LogP contribution < -0.4 is 20.1 Å². The van der Waals surface area contributed by atoms with Gasteiger partial charge in [-0.25, -0.2) is 0 Å². The first-order valence-electron chi connectivity index (χ1n) is 6.07. The average Bonchev–Trinajstić information content (AvgIpc) is 2.43. The highest BCUT2D eigenvalue weighted by atomic mass is 32.1. The second-order valence-electron chi connectivity index (χ2n) is 4.36. The molecule has 1 aliphatic heterocycles. The van der Waals surface area contributed by atoms with Crippen LogP contribution in [-0.4, -0.2) is 31.1 Å². The Balaban J connectivity index is 2.47. The summed E-state index contributed by atoms with van der Waals surface area (Å²) in [5.41, 5.74) is 1.51. The zero-order valence-corrected chi connectivity index (χ0v) is 12.6. The fourth-order valence-corrected chi connectivity index (χ4v) is 2.10. The molecule has 1 aliphatic rings.